The predicted octanol–water partition coefficient (Wildman–Crippen LogP) is 3.48. The molecule has 11 nitrogen and oxygen atoms in total. The molecule has 4 rings (SSSR count). The minimum absolute atomic E-state index is 0.0570. The molecule has 2 heterocycles. The maximum atomic E-state index is 12.9. The summed E-state index contributed by atoms with van der Waals surface area (Å²) in [5, 5.41) is 15.8. The second kappa shape index (κ2) is 9.11. The first kappa shape index (κ1) is 23.2. The second-order valence-electron chi connectivity index (χ2n) is 7.53. The van der Waals surface area contributed by atoms with Crippen molar-refractivity contribution in [3.63, 3.8) is 0 Å². The van der Waals surface area contributed by atoms with Crippen molar-refractivity contribution in [2.45, 2.75) is 26.8 Å². The van der Waals surface area contributed by atoms with Crippen LogP contribution in [0.1, 0.15) is 32.9 Å². The highest BCUT2D eigenvalue weighted by Crippen LogP contribution is 2.37. The Kier molecular flexibility index (Phi) is 6.22. The van der Waals surface area contributed by atoms with Gasteiger partial charge in [-0.3, -0.25) is 19.9 Å². The van der Waals surface area contributed by atoms with Gasteiger partial charge in [-0.25, -0.2) is 9.55 Å². The van der Waals surface area contributed by atoms with Gasteiger partial charge in [-0.1, -0.05) is 17.3 Å². The third kappa shape index (κ3) is 5.00. The number of hydrogen-bond donors (Lipinski definition) is 3. The van der Waals surface area contributed by atoms with Crippen molar-refractivity contribution in [2.24, 2.45) is 0 Å². The number of hydrogen-bond acceptors (Lipinski definition) is 7. The Labute approximate surface area is 193 Å². The molecular formula is C22H20N5O6P. The van der Waals surface area contributed by atoms with Crippen molar-refractivity contribution in [3.05, 3.63) is 70.6 Å². The van der Waals surface area contributed by atoms with Gasteiger partial charge in [0.2, 0.25) is 5.95 Å². The first-order valence-corrected chi connectivity index (χ1v) is 11.7. The predicted molar refractivity (Wildman–Crippen MR) is 121 cm³/mol. The van der Waals surface area contributed by atoms with Gasteiger partial charge < -0.3 is 13.6 Å². The number of aromatic nitrogens is 3. The Balaban J connectivity index is 1.62. The van der Waals surface area contributed by atoms with E-state index in [0.717, 1.165) is 11.1 Å². The average Bonchev–Trinajstić information content (AvgIpc) is 3.29. The molecule has 0 unspecified atom stereocenters. The maximum Gasteiger partial charge on any atom is 0.524 e. The molecule has 34 heavy (non-hydrogen) atoms. The molecule has 3 N–H and O–H groups in total. The molecule has 1 amide bonds. The van der Waals surface area contributed by atoms with E-state index in [0.29, 0.717) is 47.0 Å². The van der Waals surface area contributed by atoms with Crippen molar-refractivity contribution in [3.8, 4) is 11.8 Å². The Hall–Kier alpha value is -3.97. The number of nitriles is 1. The van der Waals surface area contributed by atoms with Crippen molar-refractivity contribution in [1.29, 1.82) is 5.26 Å². The van der Waals surface area contributed by atoms with E-state index < -0.39 is 13.7 Å². The molecule has 4 aromatic rings. The highest BCUT2D eigenvalue weighted by atomic mass is 31.2. The van der Waals surface area contributed by atoms with Gasteiger partial charge in [-0.05, 0) is 56.2 Å². The Morgan fingerprint density at radius 2 is 1.97 bits per heavy atom. The number of benzene rings is 2. The van der Waals surface area contributed by atoms with Crippen LogP contribution in [0.4, 0.5) is 5.95 Å². The summed E-state index contributed by atoms with van der Waals surface area (Å²) in [5.41, 5.74) is 3.39. The number of anilines is 1. The summed E-state index contributed by atoms with van der Waals surface area (Å²) in [4.78, 5) is 35.3. The number of fused-ring (bicyclic) bond motifs is 1. The first-order valence-electron chi connectivity index (χ1n) is 10.1. The van der Waals surface area contributed by atoms with E-state index in [4.69, 9.17) is 14.3 Å². The van der Waals surface area contributed by atoms with Gasteiger partial charge in [0.15, 0.2) is 0 Å². The molecule has 0 aliphatic carbocycles. The van der Waals surface area contributed by atoms with E-state index in [1.165, 1.54) is 12.1 Å². The van der Waals surface area contributed by atoms with Crippen LogP contribution in [0.2, 0.25) is 0 Å². The Morgan fingerprint density at radius 1 is 1.24 bits per heavy atom. The fourth-order valence-corrected chi connectivity index (χ4v) is 3.98. The van der Waals surface area contributed by atoms with E-state index in [2.05, 4.69) is 26.1 Å². The molecule has 2 aromatic carbocycles. The third-order valence-corrected chi connectivity index (χ3v) is 5.58. The second-order valence-corrected chi connectivity index (χ2v) is 8.70. The minimum atomic E-state index is -4.63. The fourth-order valence-electron chi connectivity index (χ4n) is 3.59. The van der Waals surface area contributed by atoms with Crippen molar-refractivity contribution >= 4 is 30.7 Å². The summed E-state index contributed by atoms with van der Waals surface area (Å²) >= 11 is 0. The van der Waals surface area contributed by atoms with Gasteiger partial charge >= 0.3 is 7.82 Å². The smallest absolute Gasteiger partial charge is 0.404 e. The topological polar surface area (TPSA) is 164 Å². The number of phosphoric ester groups is 1. The number of rotatable bonds is 7. The van der Waals surface area contributed by atoms with Crippen LogP contribution in [0, 0.1) is 25.2 Å². The van der Waals surface area contributed by atoms with Crippen LogP contribution < -0.4 is 9.84 Å². The molecule has 12 heteroatoms. The van der Waals surface area contributed by atoms with Crippen LogP contribution in [0.25, 0.3) is 11.0 Å². The van der Waals surface area contributed by atoms with Crippen LogP contribution in [0.15, 0.2) is 47.0 Å². The van der Waals surface area contributed by atoms with Crippen molar-refractivity contribution in [1.82, 2.24) is 14.7 Å². The zero-order chi connectivity index (χ0) is 24.5. The molecule has 0 bridgehead atoms. The molecule has 0 radical (unpaired) electrons. The lowest BCUT2D eigenvalue weighted by molar-refractivity contribution is 0.102. The fraction of sp³-hybridized carbons (Fsp3) is 0.182. The monoisotopic (exact) mass is 481 g/mol. The van der Waals surface area contributed by atoms with Crippen LogP contribution in [-0.4, -0.2) is 30.4 Å². The number of nitrogens with zero attached hydrogens (tertiary/aromatic N) is 4. The van der Waals surface area contributed by atoms with Crippen molar-refractivity contribution < 1.29 is 28.2 Å². The van der Waals surface area contributed by atoms with E-state index >= 15 is 0 Å². The van der Waals surface area contributed by atoms with Crippen LogP contribution in [0.5, 0.6) is 5.75 Å². The molecule has 0 aliphatic rings. The van der Waals surface area contributed by atoms with Gasteiger partial charge in [0.1, 0.15) is 17.1 Å². The van der Waals surface area contributed by atoms with E-state index in [1.807, 2.05) is 4.57 Å². The van der Waals surface area contributed by atoms with Crippen LogP contribution >= 0.6 is 7.82 Å². The number of imidazole rings is 1. The zero-order valence-electron chi connectivity index (χ0n) is 18.2. The molecule has 174 valence electrons. The molecule has 0 atom stereocenters. The summed E-state index contributed by atoms with van der Waals surface area (Å²) in [7, 11) is -4.63. The third-order valence-electron chi connectivity index (χ3n) is 5.13. The zero-order valence-corrected chi connectivity index (χ0v) is 19.1. The highest BCUT2D eigenvalue weighted by Gasteiger charge is 2.21. The maximum absolute atomic E-state index is 12.9. The molecule has 0 saturated carbocycles. The molecule has 0 spiro atoms. The van der Waals surface area contributed by atoms with Crippen LogP contribution in [0.3, 0.4) is 0 Å². The van der Waals surface area contributed by atoms with Crippen LogP contribution in [-0.2, 0) is 17.5 Å². The van der Waals surface area contributed by atoms with Crippen molar-refractivity contribution in [2.75, 3.05) is 5.32 Å². The Bertz CT molecular complexity index is 1440. The number of nitrogens with one attached hydrogen (secondary N) is 1. The number of carbonyl (C=O) groups excluding carboxylic acids is 1. The summed E-state index contributed by atoms with van der Waals surface area (Å²) in [6.07, 6.45) is 0.524. The summed E-state index contributed by atoms with van der Waals surface area (Å²) < 4.78 is 22.5. The minimum Gasteiger partial charge on any atom is -0.404 e. The van der Waals surface area contributed by atoms with E-state index in [9.17, 15) is 14.6 Å². The van der Waals surface area contributed by atoms with E-state index in [1.54, 1.807) is 44.2 Å². The average molecular weight is 481 g/mol. The van der Waals surface area contributed by atoms with Gasteiger partial charge in [-0.2, -0.15) is 5.26 Å². The standard InChI is InChI=1S/C22H20N5O6P/c1-13-20(14(2)32-26-13)21(28)25-22-24-18-11-16(12-23)5-8-19(18)27(22)10-9-15-3-6-17(7-4-15)33-34(29,30)31/h3-8,11H,9-10H2,1-2H3,(H,24,25,28)(H2,29,30,31). The lowest BCUT2D eigenvalue weighted by atomic mass is 10.1. The quantitative estimate of drug-likeness (QED) is 0.335. The largest absolute Gasteiger partial charge is 0.524 e. The highest BCUT2D eigenvalue weighted by molar-refractivity contribution is 7.46. The SMILES string of the molecule is Cc1noc(C)c1C(=O)Nc1nc2cc(C#N)ccc2n1CCc1ccc(OP(=O)(O)O)cc1. The summed E-state index contributed by atoms with van der Waals surface area (Å²) in [6, 6.07) is 13.5. The first-order chi connectivity index (χ1) is 16.1. The van der Waals surface area contributed by atoms with Gasteiger partial charge in [-0.15, -0.1) is 0 Å². The van der Waals surface area contributed by atoms with E-state index in [-0.39, 0.29) is 5.75 Å². The Morgan fingerprint density at radius 3 is 2.59 bits per heavy atom. The van der Waals surface area contributed by atoms with Gasteiger partial charge in [0.05, 0.1) is 28.4 Å². The number of aryl methyl sites for hydroxylation is 4. The van der Waals surface area contributed by atoms with Gasteiger partial charge in [0.25, 0.3) is 5.91 Å². The molecule has 0 fully saturated rings. The summed E-state index contributed by atoms with van der Waals surface area (Å²) in [6.45, 7) is 3.75. The lowest BCUT2D eigenvalue weighted by Gasteiger charge is -2.11. The van der Waals surface area contributed by atoms with Gasteiger partial charge in [0, 0.05) is 6.54 Å². The number of carbonyl (C=O) groups is 1. The lowest BCUT2D eigenvalue weighted by Crippen LogP contribution is -2.17. The molecular weight excluding hydrogens is 461 g/mol. The molecule has 0 saturated heterocycles. The molecule has 2 aromatic heterocycles. The number of amides is 1. The summed E-state index contributed by atoms with van der Waals surface area (Å²) in [5.74, 6) is 0.340. The number of phosphoric acid groups is 1. The normalized spacial score (nSPS) is 11.4. The molecule has 0 aliphatic heterocycles.